The molecule has 3 rings (SSSR count). The molecular weight excluding hydrogens is 268 g/mol. The monoisotopic (exact) mass is 288 g/mol. The highest BCUT2D eigenvalue weighted by Crippen LogP contribution is 2.35. The van der Waals surface area contributed by atoms with E-state index in [1.54, 1.807) is 0 Å². The Hall–Kier alpha value is -1.71. The normalized spacial score (nSPS) is 24.0. The Morgan fingerprint density at radius 1 is 1.33 bits per heavy atom. The zero-order valence-electron chi connectivity index (χ0n) is 12.5. The van der Waals surface area contributed by atoms with Crippen LogP contribution in [0.5, 0.6) is 5.88 Å². The van der Waals surface area contributed by atoms with Gasteiger partial charge in [0.25, 0.3) is 5.88 Å². The molecule has 112 valence electrons. The summed E-state index contributed by atoms with van der Waals surface area (Å²) in [6.45, 7) is 6.24. The van der Waals surface area contributed by atoms with Crippen LogP contribution in [0.3, 0.4) is 0 Å². The molecule has 1 atom stereocenters. The smallest absolute Gasteiger partial charge is 0.252 e. The Kier molecular flexibility index (Phi) is 3.79. The lowest BCUT2D eigenvalue weighted by Gasteiger charge is -2.32. The first-order valence-electron chi connectivity index (χ1n) is 7.39. The van der Waals surface area contributed by atoms with E-state index < -0.39 is 0 Å². The van der Waals surface area contributed by atoms with Gasteiger partial charge in [0.05, 0.1) is 17.9 Å². The number of nitrogens with one attached hydrogen (secondary N) is 1. The molecule has 2 aliphatic heterocycles. The second kappa shape index (κ2) is 5.58. The molecular formula is C15H20N4O2. The predicted octanol–water partition coefficient (Wildman–Crippen LogP) is 1.26. The molecule has 1 aromatic heterocycles. The molecule has 0 radical (unpaired) electrons. The molecule has 21 heavy (non-hydrogen) atoms. The highest BCUT2D eigenvalue weighted by Gasteiger charge is 2.42. The third kappa shape index (κ3) is 2.71. The second-order valence-electron chi connectivity index (χ2n) is 5.89. The molecule has 2 aliphatic rings. The number of rotatable bonds is 2. The SMILES string of the molecule is Cc1nnc(OC2COC3(CCNCC3)C2)c(C#N)c1C. The number of aromatic nitrogens is 2. The van der Waals surface area contributed by atoms with Gasteiger partial charge in [-0.25, -0.2) is 0 Å². The van der Waals surface area contributed by atoms with Crippen LogP contribution in [0, 0.1) is 25.2 Å². The summed E-state index contributed by atoms with van der Waals surface area (Å²) in [4.78, 5) is 0. The van der Waals surface area contributed by atoms with E-state index in [1.165, 1.54) is 0 Å². The van der Waals surface area contributed by atoms with Crippen LogP contribution >= 0.6 is 0 Å². The summed E-state index contributed by atoms with van der Waals surface area (Å²) >= 11 is 0. The molecule has 0 aliphatic carbocycles. The van der Waals surface area contributed by atoms with Crippen molar-refractivity contribution in [3.05, 3.63) is 16.8 Å². The number of ether oxygens (including phenoxy) is 2. The van der Waals surface area contributed by atoms with Crippen LogP contribution in [0.2, 0.25) is 0 Å². The van der Waals surface area contributed by atoms with Gasteiger partial charge in [-0.2, -0.15) is 10.4 Å². The van der Waals surface area contributed by atoms with E-state index in [4.69, 9.17) is 9.47 Å². The van der Waals surface area contributed by atoms with Crippen molar-refractivity contribution in [2.24, 2.45) is 0 Å². The van der Waals surface area contributed by atoms with Crippen LogP contribution < -0.4 is 10.1 Å². The zero-order valence-corrected chi connectivity index (χ0v) is 12.5. The van der Waals surface area contributed by atoms with Crippen LogP contribution in [-0.2, 0) is 4.74 Å². The van der Waals surface area contributed by atoms with Gasteiger partial charge in [0.15, 0.2) is 0 Å². The zero-order chi connectivity index (χ0) is 14.9. The molecule has 2 fully saturated rings. The van der Waals surface area contributed by atoms with Crippen LogP contribution in [-0.4, -0.2) is 41.6 Å². The third-order valence-corrected chi connectivity index (χ3v) is 4.50. The first kappa shape index (κ1) is 14.2. The average molecular weight is 288 g/mol. The van der Waals surface area contributed by atoms with E-state index in [2.05, 4.69) is 21.6 Å². The van der Waals surface area contributed by atoms with Crippen molar-refractivity contribution < 1.29 is 9.47 Å². The summed E-state index contributed by atoms with van der Waals surface area (Å²) in [7, 11) is 0. The Labute approximate surface area is 124 Å². The van der Waals surface area contributed by atoms with Gasteiger partial charge in [-0.1, -0.05) is 0 Å². The fourth-order valence-corrected chi connectivity index (χ4v) is 3.07. The van der Waals surface area contributed by atoms with Crippen molar-refractivity contribution in [1.82, 2.24) is 15.5 Å². The number of piperidine rings is 1. The number of nitriles is 1. The topological polar surface area (TPSA) is 80.1 Å². The minimum absolute atomic E-state index is 0.0494. The fraction of sp³-hybridized carbons (Fsp3) is 0.667. The van der Waals surface area contributed by atoms with Crippen molar-refractivity contribution >= 4 is 0 Å². The van der Waals surface area contributed by atoms with E-state index >= 15 is 0 Å². The van der Waals surface area contributed by atoms with Crippen molar-refractivity contribution in [3.63, 3.8) is 0 Å². The van der Waals surface area contributed by atoms with Gasteiger partial charge in [0.2, 0.25) is 0 Å². The summed E-state index contributed by atoms with van der Waals surface area (Å²) in [5.74, 6) is 0.334. The molecule has 0 bridgehead atoms. The maximum absolute atomic E-state index is 9.30. The maximum atomic E-state index is 9.30. The van der Waals surface area contributed by atoms with Crippen molar-refractivity contribution in [2.75, 3.05) is 19.7 Å². The van der Waals surface area contributed by atoms with Gasteiger partial charge in [-0.15, -0.1) is 5.10 Å². The molecule has 1 unspecified atom stereocenters. The summed E-state index contributed by atoms with van der Waals surface area (Å²) in [5, 5.41) is 20.7. The average Bonchev–Trinajstić information content (AvgIpc) is 2.86. The van der Waals surface area contributed by atoms with Crippen LogP contribution in [0.4, 0.5) is 0 Å². The summed E-state index contributed by atoms with van der Waals surface area (Å²) in [6, 6.07) is 2.17. The molecule has 6 nitrogen and oxygen atoms in total. The second-order valence-corrected chi connectivity index (χ2v) is 5.89. The lowest BCUT2D eigenvalue weighted by molar-refractivity contribution is -0.0206. The molecule has 3 heterocycles. The Bertz CT molecular complexity index is 576. The molecule has 0 amide bonds. The summed E-state index contributed by atoms with van der Waals surface area (Å²) < 4.78 is 11.9. The molecule has 1 aromatic rings. The number of hydrogen-bond donors (Lipinski definition) is 1. The highest BCUT2D eigenvalue weighted by atomic mass is 16.6. The lowest BCUT2D eigenvalue weighted by atomic mass is 9.89. The molecule has 6 heteroatoms. The van der Waals surface area contributed by atoms with Crippen molar-refractivity contribution in [3.8, 4) is 11.9 Å². The van der Waals surface area contributed by atoms with E-state index in [0.717, 1.165) is 43.6 Å². The van der Waals surface area contributed by atoms with E-state index in [0.29, 0.717) is 18.1 Å². The van der Waals surface area contributed by atoms with E-state index in [-0.39, 0.29) is 11.7 Å². The largest absolute Gasteiger partial charge is 0.470 e. The minimum atomic E-state index is -0.0596. The molecule has 2 saturated heterocycles. The summed E-state index contributed by atoms with van der Waals surface area (Å²) in [6.07, 6.45) is 2.83. The lowest BCUT2D eigenvalue weighted by Crippen LogP contribution is -2.41. The third-order valence-electron chi connectivity index (χ3n) is 4.50. The van der Waals surface area contributed by atoms with Crippen molar-refractivity contribution in [1.29, 1.82) is 5.26 Å². The van der Waals surface area contributed by atoms with Gasteiger partial charge < -0.3 is 14.8 Å². The molecule has 0 aromatic carbocycles. The Balaban J connectivity index is 1.74. The predicted molar refractivity (Wildman–Crippen MR) is 76.0 cm³/mol. The minimum Gasteiger partial charge on any atom is -0.470 e. The van der Waals surface area contributed by atoms with Gasteiger partial charge in [-0.05, 0) is 45.3 Å². The quantitative estimate of drug-likeness (QED) is 0.882. The van der Waals surface area contributed by atoms with E-state index in [9.17, 15) is 5.26 Å². The Morgan fingerprint density at radius 2 is 2.10 bits per heavy atom. The number of hydrogen-bond acceptors (Lipinski definition) is 6. The van der Waals surface area contributed by atoms with Gasteiger partial charge >= 0.3 is 0 Å². The number of nitrogens with zero attached hydrogens (tertiary/aromatic N) is 3. The standard InChI is InChI=1S/C15H20N4O2/c1-10-11(2)18-19-14(13(10)8-16)21-12-7-15(20-9-12)3-5-17-6-4-15/h12,17H,3-7,9H2,1-2H3. The van der Waals surface area contributed by atoms with Crippen LogP contribution in [0.25, 0.3) is 0 Å². The van der Waals surface area contributed by atoms with Crippen LogP contribution in [0.15, 0.2) is 0 Å². The first-order chi connectivity index (χ1) is 10.1. The number of aryl methyl sites for hydroxylation is 1. The van der Waals surface area contributed by atoms with Gasteiger partial charge in [0.1, 0.15) is 17.7 Å². The fourth-order valence-electron chi connectivity index (χ4n) is 3.07. The molecule has 1 spiro atoms. The first-order valence-corrected chi connectivity index (χ1v) is 7.39. The molecule has 0 saturated carbocycles. The van der Waals surface area contributed by atoms with E-state index in [1.807, 2.05) is 13.8 Å². The maximum Gasteiger partial charge on any atom is 0.252 e. The van der Waals surface area contributed by atoms with Gasteiger partial charge in [0, 0.05) is 6.42 Å². The molecule has 1 N–H and O–H groups in total. The van der Waals surface area contributed by atoms with Crippen LogP contribution in [0.1, 0.15) is 36.1 Å². The summed E-state index contributed by atoms with van der Waals surface area (Å²) in [5.41, 5.74) is 2.01. The Morgan fingerprint density at radius 3 is 2.81 bits per heavy atom. The van der Waals surface area contributed by atoms with Gasteiger partial charge in [-0.3, -0.25) is 0 Å². The highest BCUT2D eigenvalue weighted by molar-refractivity contribution is 5.45. The van der Waals surface area contributed by atoms with Crippen molar-refractivity contribution in [2.45, 2.75) is 44.8 Å².